The summed E-state index contributed by atoms with van der Waals surface area (Å²) in [5.74, 6) is 0.122. The van der Waals surface area contributed by atoms with E-state index in [1.54, 1.807) is 24.3 Å². The van der Waals surface area contributed by atoms with Crippen LogP contribution in [0.1, 0.15) is 20.7 Å². The normalized spacial score (nSPS) is 13.4. The number of imide groups is 1. The smallest absolute Gasteiger partial charge is 0.266 e. The summed E-state index contributed by atoms with van der Waals surface area (Å²) in [6, 6.07) is 27.0. The van der Waals surface area contributed by atoms with E-state index in [1.807, 2.05) is 48.7 Å². The zero-order chi connectivity index (χ0) is 25.5. The molecular weight excluding hydrogens is 540 g/mol. The summed E-state index contributed by atoms with van der Waals surface area (Å²) in [6.07, 6.45) is 1.96. The summed E-state index contributed by atoms with van der Waals surface area (Å²) in [4.78, 5) is 39.7. The SMILES string of the molecule is O=C1c2ccccc2C(=O)N1c1ccc2c3ccccc3c3[nH]c(-c4c[nH]c5ccc(Br)cc45)nc3c2c1. The molecule has 0 spiro atoms. The van der Waals surface area contributed by atoms with Crippen molar-refractivity contribution < 1.29 is 9.59 Å². The standard InChI is InChI=1S/C31H17BrN4O2/c32-16-9-12-26-23(13-16)25(15-33-26)29-34-27-20-6-2-1-5-18(20)19-11-10-17(14-24(19)28(27)35-29)36-30(37)21-7-3-4-8-22(21)31(36)38/h1-15,33H,(H,34,35). The first-order chi connectivity index (χ1) is 18.6. The van der Waals surface area contributed by atoms with Gasteiger partial charge in [-0.05, 0) is 53.2 Å². The minimum Gasteiger partial charge on any atom is -0.360 e. The Hall–Kier alpha value is -4.75. The predicted octanol–water partition coefficient (Wildman–Crippen LogP) is 7.58. The van der Waals surface area contributed by atoms with E-state index in [9.17, 15) is 9.59 Å². The summed E-state index contributed by atoms with van der Waals surface area (Å²) in [7, 11) is 0. The monoisotopic (exact) mass is 556 g/mol. The second kappa shape index (κ2) is 7.63. The van der Waals surface area contributed by atoms with Gasteiger partial charge in [-0.2, -0.15) is 0 Å². The van der Waals surface area contributed by atoms with Crippen LogP contribution in [0, 0.1) is 0 Å². The Morgan fingerprint density at radius 2 is 1.39 bits per heavy atom. The van der Waals surface area contributed by atoms with Crippen LogP contribution in [0.5, 0.6) is 0 Å². The van der Waals surface area contributed by atoms with Gasteiger partial charge >= 0.3 is 0 Å². The number of aromatic nitrogens is 3. The Kier molecular flexibility index (Phi) is 4.29. The molecule has 0 radical (unpaired) electrons. The zero-order valence-electron chi connectivity index (χ0n) is 19.7. The van der Waals surface area contributed by atoms with E-state index in [0.29, 0.717) is 16.8 Å². The van der Waals surface area contributed by atoms with Gasteiger partial charge < -0.3 is 9.97 Å². The number of benzene rings is 5. The lowest BCUT2D eigenvalue weighted by atomic mass is 9.99. The average molecular weight is 557 g/mol. The Morgan fingerprint density at radius 3 is 2.18 bits per heavy atom. The molecule has 180 valence electrons. The average Bonchev–Trinajstić information content (AvgIpc) is 3.63. The maximum atomic E-state index is 13.2. The molecule has 0 unspecified atom stereocenters. The van der Waals surface area contributed by atoms with E-state index in [1.165, 1.54) is 4.90 Å². The highest BCUT2D eigenvalue weighted by atomic mass is 79.9. The first-order valence-electron chi connectivity index (χ1n) is 12.2. The van der Waals surface area contributed by atoms with Crippen LogP contribution in [-0.2, 0) is 0 Å². The molecule has 6 nitrogen and oxygen atoms in total. The van der Waals surface area contributed by atoms with Crippen LogP contribution in [0.3, 0.4) is 0 Å². The lowest BCUT2D eigenvalue weighted by Crippen LogP contribution is -2.29. The fraction of sp³-hybridized carbons (Fsp3) is 0. The number of halogens is 1. The maximum Gasteiger partial charge on any atom is 0.266 e. The third kappa shape index (κ3) is 2.85. The number of fused-ring (bicyclic) bond motifs is 8. The lowest BCUT2D eigenvalue weighted by Gasteiger charge is -2.15. The molecule has 8 rings (SSSR count). The molecule has 3 heterocycles. The second-order valence-corrected chi connectivity index (χ2v) is 10.4. The van der Waals surface area contributed by atoms with E-state index >= 15 is 0 Å². The highest BCUT2D eigenvalue weighted by molar-refractivity contribution is 9.10. The van der Waals surface area contributed by atoms with Crippen molar-refractivity contribution in [2.75, 3.05) is 4.90 Å². The van der Waals surface area contributed by atoms with Crippen LogP contribution in [0.4, 0.5) is 5.69 Å². The summed E-state index contributed by atoms with van der Waals surface area (Å²) < 4.78 is 0.989. The number of nitrogens with one attached hydrogen (secondary N) is 2. The van der Waals surface area contributed by atoms with E-state index in [-0.39, 0.29) is 11.8 Å². The molecule has 1 aliphatic rings. The number of aromatic amines is 2. The van der Waals surface area contributed by atoms with Gasteiger partial charge in [0, 0.05) is 37.9 Å². The number of anilines is 1. The number of nitrogens with zero attached hydrogens (tertiary/aromatic N) is 2. The minimum atomic E-state index is -0.311. The van der Waals surface area contributed by atoms with Gasteiger partial charge in [0.05, 0.1) is 27.8 Å². The highest BCUT2D eigenvalue weighted by Gasteiger charge is 2.36. The highest BCUT2D eigenvalue weighted by Crippen LogP contribution is 2.39. The molecule has 0 saturated carbocycles. The molecule has 5 aromatic carbocycles. The molecule has 0 atom stereocenters. The van der Waals surface area contributed by atoms with Crippen molar-refractivity contribution >= 4 is 76.9 Å². The third-order valence-electron chi connectivity index (χ3n) is 7.40. The number of carbonyl (C=O) groups excluding carboxylic acids is 2. The number of H-pyrrole nitrogens is 2. The molecule has 38 heavy (non-hydrogen) atoms. The molecule has 7 aromatic rings. The van der Waals surface area contributed by atoms with E-state index < -0.39 is 0 Å². The van der Waals surface area contributed by atoms with Crippen molar-refractivity contribution in [3.05, 3.63) is 107 Å². The molecule has 2 aromatic heterocycles. The molecule has 1 aliphatic heterocycles. The molecule has 0 saturated heterocycles. The summed E-state index contributed by atoms with van der Waals surface area (Å²) in [6.45, 7) is 0. The lowest BCUT2D eigenvalue weighted by molar-refractivity contribution is 0.0926. The van der Waals surface area contributed by atoms with Crippen LogP contribution in [0.25, 0.3) is 54.9 Å². The summed E-state index contributed by atoms with van der Waals surface area (Å²) in [5.41, 5.74) is 5.06. The van der Waals surface area contributed by atoms with Gasteiger partial charge in [-0.3, -0.25) is 9.59 Å². The van der Waals surface area contributed by atoms with Gasteiger partial charge in [0.25, 0.3) is 11.8 Å². The van der Waals surface area contributed by atoms with Crippen molar-refractivity contribution in [1.82, 2.24) is 15.0 Å². The fourth-order valence-corrected chi connectivity index (χ4v) is 6.00. The predicted molar refractivity (Wildman–Crippen MR) is 154 cm³/mol. The van der Waals surface area contributed by atoms with Gasteiger partial charge in [0.2, 0.25) is 0 Å². The van der Waals surface area contributed by atoms with Gasteiger partial charge in [-0.25, -0.2) is 9.88 Å². The number of carbonyl (C=O) groups is 2. The Labute approximate surface area is 224 Å². The first-order valence-corrected chi connectivity index (χ1v) is 13.0. The van der Waals surface area contributed by atoms with Crippen molar-refractivity contribution in [2.45, 2.75) is 0 Å². The molecular formula is C31H17BrN4O2. The van der Waals surface area contributed by atoms with Gasteiger partial charge in [0.1, 0.15) is 5.82 Å². The Balaban J connectivity index is 1.40. The van der Waals surface area contributed by atoms with Gasteiger partial charge in [-0.15, -0.1) is 0 Å². The van der Waals surface area contributed by atoms with Crippen LogP contribution in [0.2, 0.25) is 0 Å². The van der Waals surface area contributed by atoms with E-state index in [4.69, 9.17) is 4.98 Å². The first kappa shape index (κ1) is 21.3. The summed E-state index contributed by atoms with van der Waals surface area (Å²) >= 11 is 3.58. The quantitative estimate of drug-likeness (QED) is 0.170. The number of hydrogen-bond acceptors (Lipinski definition) is 3. The molecule has 2 N–H and O–H groups in total. The third-order valence-corrected chi connectivity index (χ3v) is 7.89. The van der Waals surface area contributed by atoms with E-state index in [2.05, 4.69) is 44.1 Å². The number of imidazole rings is 1. The molecule has 7 heteroatoms. The second-order valence-electron chi connectivity index (χ2n) is 9.47. The fourth-order valence-electron chi connectivity index (χ4n) is 5.64. The van der Waals surface area contributed by atoms with Crippen molar-refractivity contribution in [3.63, 3.8) is 0 Å². The van der Waals surface area contributed by atoms with Gasteiger partial charge in [-0.1, -0.05) is 58.4 Å². The van der Waals surface area contributed by atoms with Crippen molar-refractivity contribution in [1.29, 1.82) is 0 Å². The number of hydrogen-bond donors (Lipinski definition) is 2. The van der Waals surface area contributed by atoms with Crippen LogP contribution >= 0.6 is 15.9 Å². The van der Waals surface area contributed by atoms with Gasteiger partial charge in [0.15, 0.2) is 0 Å². The van der Waals surface area contributed by atoms with E-state index in [0.717, 1.165) is 59.3 Å². The zero-order valence-corrected chi connectivity index (χ0v) is 21.3. The van der Waals surface area contributed by atoms with Crippen LogP contribution < -0.4 is 4.90 Å². The number of rotatable bonds is 2. The topological polar surface area (TPSA) is 81.9 Å². The van der Waals surface area contributed by atoms with Crippen molar-refractivity contribution in [3.8, 4) is 11.4 Å². The Bertz CT molecular complexity index is 2120. The largest absolute Gasteiger partial charge is 0.360 e. The Morgan fingerprint density at radius 1 is 0.684 bits per heavy atom. The number of amides is 2. The molecule has 2 amide bonds. The molecule has 0 bridgehead atoms. The van der Waals surface area contributed by atoms with Crippen LogP contribution in [0.15, 0.2) is 95.6 Å². The van der Waals surface area contributed by atoms with Crippen molar-refractivity contribution in [2.24, 2.45) is 0 Å². The summed E-state index contributed by atoms with van der Waals surface area (Å²) in [5, 5.41) is 5.06. The molecule has 0 aliphatic carbocycles. The maximum absolute atomic E-state index is 13.2. The van der Waals surface area contributed by atoms with Crippen LogP contribution in [-0.4, -0.2) is 26.8 Å². The minimum absolute atomic E-state index is 0.311. The molecule has 0 fully saturated rings.